The minimum atomic E-state index is -0.177. The minimum absolute atomic E-state index is 0.177. The van der Waals surface area contributed by atoms with Gasteiger partial charge < -0.3 is 9.47 Å². The van der Waals surface area contributed by atoms with Gasteiger partial charge in [-0.2, -0.15) is 0 Å². The summed E-state index contributed by atoms with van der Waals surface area (Å²) in [4.78, 5) is 32.3. The van der Waals surface area contributed by atoms with E-state index in [1.54, 1.807) is 0 Å². The summed E-state index contributed by atoms with van der Waals surface area (Å²) in [6, 6.07) is 0. The average molecular weight is 342 g/mol. The molecule has 2 rings (SSSR count). The van der Waals surface area contributed by atoms with Crippen LogP contribution in [0.2, 0.25) is 0 Å². The van der Waals surface area contributed by atoms with Gasteiger partial charge in [0, 0.05) is 65.4 Å². The van der Waals surface area contributed by atoms with Crippen molar-refractivity contribution in [3.8, 4) is 0 Å². The number of methoxy groups -OCH3 is 2. The first-order chi connectivity index (χ1) is 11.6. The van der Waals surface area contributed by atoms with Crippen molar-refractivity contribution in [1.29, 1.82) is 0 Å². The Bertz CT molecular complexity index is 367. The lowest BCUT2D eigenvalue weighted by Gasteiger charge is -2.29. The number of fused-ring (bicyclic) bond motifs is 3. The van der Waals surface area contributed by atoms with E-state index >= 15 is 0 Å². The van der Waals surface area contributed by atoms with E-state index in [0.717, 1.165) is 65.4 Å². The van der Waals surface area contributed by atoms with Gasteiger partial charge in [0.15, 0.2) is 0 Å². The van der Waals surface area contributed by atoms with Crippen molar-refractivity contribution in [2.24, 2.45) is 0 Å². The fourth-order valence-electron chi connectivity index (χ4n) is 3.12. The number of hydrogen-bond acceptors (Lipinski definition) is 8. The lowest BCUT2D eigenvalue weighted by molar-refractivity contribution is -0.142. The highest BCUT2D eigenvalue weighted by molar-refractivity contribution is 5.71. The molecule has 2 fully saturated rings. The Morgan fingerprint density at radius 3 is 1.21 bits per heavy atom. The third-order valence-corrected chi connectivity index (χ3v) is 4.82. The maximum absolute atomic E-state index is 11.6. The molecule has 0 atom stereocenters. The SMILES string of the molecule is COC(=O)CN1CCN2CCN(CC1)CCN(CC(=O)OC)CC2. The van der Waals surface area contributed by atoms with E-state index < -0.39 is 0 Å². The second-order valence-corrected chi connectivity index (χ2v) is 6.39. The lowest BCUT2D eigenvalue weighted by Crippen LogP contribution is -2.44. The normalized spacial score (nSPS) is 27.1. The van der Waals surface area contributed by atoms with Crippen LogP contribution in [0.5, 0.6) is 0 Å². The number of carbonyl (C=O) groups excluding carboxylic acids is 2. The van der Waals surface area contributed by atoms with Crippen LogP contribution >= 0.6 is 0 Å². The van der Waals surface area contributed by atoms with E-state index in [-0.39, 0.29) is 11.9 Å². The van der Waals surface area contributed by atoms with Gasteiger partial charge in [-0.3, -0.25) is 29.2 Å². The summed E-state index contributed by atoms with van der Waals surface area (Å²) in [6.45, 7) is 9.91. The Labute approximate surface area is 144 Å². The zero-order chi connectivity index (χ0) is 17.4. The number of hydrogen-bond donors (Lipinski definition) is 0. The predicted molar refractivity (Wildman–Crippen MR) is 89.8 cm³/mol. The molecule has 0 saturated carbocycles. The molecule has 0 aromatic carbocycles. The van der Waals surface area contributed by atoms with Crippen LogP contribution in [0, 0.1) is 0 Å². The van der Waals surface area contributed by atoms with Gasteiger partial charge in [-0.1, -0.05) is 0 Å². The van der Waals surface area contributed by atoms with Crippen molar-refractivity contribution < 1.29 is 19.1 Å². The highest BCUT2D eigenvalue weighted by atomic mass is 16.5. The molecule has 8 heteroatoms. The molecule has 2 bridgehead atoms. The lowest BCUT2D eigenvalue weighted by atomic mass is 10.3. The van der Waals surface area contributed by atoms with Gasteiger partial charge in [-0.25, -0.2) is 0 Å². The molecular weight excluding hydrogens is 312 g/mol. The first-order valence-corrected chi connectivity index (χ1v) is 8.63. The molecule has 0 aromatic heterocycles. The summed E-state index contributed by atoms with van der Waals surface area (Å²) in [5.41, 5.74) is 0. The first kappa shape index (κ1) is 19.1. The molecule has 2 saturated heterocycles. The summed E-state index contributed by atoms with van der Waals surface area (Å²) in [5, 5.41) is 0. The van der Waals surface area contributed by atoms with Crippen LogP contribution in [0.15, 0.2) is 0 Å². The average Bonchev–Trinajstić information content (AvgIpc) is 2.74. The van der Waals surface area contributed by atoms with Gasteiger partial charge in [0.2, 0.25) is 0 Å². The predicted octanol–water partition coefficient (Wildman–Crippen LogP) is -1.43. The molecule has 0 radical (unpaired) electrons. The quantitative estimate of drug-likeness (QED) is 0.576. The highest BCUT2D eigenvalue weighted by Crippen LogP contribution is 2.05. The molecule has 8 nitrogen and oxygen atoms in total. The van der Waals surface area contributed by atoms with E-state index in [4.69, 9.17) is 9.47 Å². The molecule has 0 amide bonds. The van der Waals surface area contributed by atoms with Gasteiger partial charge in [-0.05, 0) is 0 Å². The van der Waals surface area contributed by atoms with Gasteiger partial charge in [0.25, 0.3) is 0 Å². The molecule has 0 aromatic rings. The maximum Gasteiger partial charge on any atom is 0.319 e. The second kappa shape index (κ2) is 9.93. The van der Waals surface area contributed by atoms with Crippen molar-refractivity contribution in [1.82, 2.24) is 19.6 Å². The number of nitrogens with zero attached hydrogens (tertiary/aromatic N) is 4. The smallest absolute Gasteiger partial charge is 0.319 e. The van der Waals surface area contributed by atoms with Crippen LogP contribution in [0.3, 0.4) is 0 Å². The van der Waals surface area contributed by atoms with Crippen LogP contribution < -0.4 is 0 Å². The van der Waals surface area contributed by atoms with Crippen molar-refractivity contribution in [2.45, 2.75) is 0 Å². The molecule has 0 N–H and O–H groups in total. The minimum Gasteiger partial charge on any atom is -0.468 e. The molecule has 2 aliphatic rings. The van der Waals surface area contributed by atoms with Gasteiger partial charge in [0.1, 0.15) is 0 Å². The summed E-state index contributed by atoms with van der Waals surface area (Å²) in [7, 11) is 2.87. The Kier molecular flexibility index (Phi) is 7.90. The second-order valence-electron chi connectivity index (χ2n) is 6.39. The molecule has 24 heavy (non-hydrogen) atoms. The Balaban J connectivity index is 1.95. The van der Waals surface area contributed by atoms with Crippen LogP contribution in [0.1, 0.15) is 0 Å². The van der Waals surface area contributed by atoms with Crippen molar-refractivity contribution >= 4 is 11.9 Å². The number of ether oxygens (including phenoxy) is 2. The molecule has 2 aliphatic heterocycles. The van der Waals surface area contributed by atoms with Gasteiger partial charge >= 0.3 is 11.9 Å². The fourth-order valence-corrected chi connectivity index (χ4v) is 3.12. The largest absolute Gasteiger partial charge is 0.468 e. The zero-order valence-corrected chi connectivity index (χ0v) is 14.9. The summed E-state index contributed by atoms with van der Waals surface area (Å²) in [6.07, 6.45) is 0. The summed E-state index contributed by atoms with van der Waals surface area (Å²) in [5.74, 6) is -0.354. The van der Waals surface area contributed by atoms with E-state index in [1.165, 1.54) is 14.2 Å². The summed E-state index contributed by atoms with van der Waals surface area (Å²) >= 11 is 0. The molecule has 0 aliphatic carbocycles. The number of esters is 2. The highest BCUT2D eigenvalue weighted by Gasteiger charge is 2.22. The molecular formula is C16H30N4O4. The molecule has 0 spiro atoms. The first-order valence-electron chi connectivity index (χ1n) is 8.63. The van der Waals surface area contributed by atoms with Crippen molar-refractivity contribution in [3.63, 3.8) is 0 Å². The fraction of sp³-hybridized carbons (Fsp3) is 0.875. The number of carbonyl (C=O) groups is 2. The van der Waals surface area contributed by atoms with Crippen LogP contribution in [-0.4, -0.2) is 124 Å². The van der Waals surface area contributed by atoms with E-state index in [0.29, 0.717) is 13.1 Å². The Hall–Kier alpha value is -1.22. The maximum atomic E-state index is 11.6. The van der Waals surface area contributed by atoms with E-state index in [2.05, 4.69) is 19.6 Å². The van der Waals surface area contributed by atoms with Crippen molar-refractivity contribution in [3.05, 3.63) is 0 Å². The topological polar surface area (TPSA) is 65.6 Å². The third kappa shape index (κ3) is 6.35. The molecule has 0 unspecified atom stereocenters. The van der Waals surface area contributed by atoms with Gasteiger partial charge in [0.05, 0.1) is 27.3 Å². The van der Waals surface area contributed by atoms with Crippen LogP contribution in [-0.2, 0) is 19.1 Å². The van der Waals surface area contributed by atoms with E-state index in [1.807, 2.05) is 0 Å². The monoisotopic (exact) mass is 342 g/mol. The van der Waals surface area contributed by atoms with Crippen molar-refractivity contribution in [2.75, 3.05) is 92.8 Å². The van der Waals surface area contributed by atoms with Crippen LogP contribution in [0.25, 0.3) is 0 Å². The number of rotatable bonds is 4. The van der Waals surface area contributed by atoms with Gasteiger partial charge in [-0.15, -0.1) is 0 Å². The Morgan fingerprint density at radius 2 is 0.917 bits per heavy atom. The Morgan fingerprint density at radius 1 is 0.625 bits per heavy atom. The summed E-state index contributed by atoms with van der Waals surface area (Å²) < 4.78 is 9.60. The van der Waals surface area contributed by atoms with E-state index in [9.17, 15) is 9.59 Å². The standard InChI is InChI=1S/C16H30N4O4/c1-23-15(21)13-19-9-5-17-3-4-18(6-10-19)8-12-20(11-7-17)14-16(22)24-2/h3-14H2,1-2H3. The molecule has 2 heterocycles. The van der Waals surface area contributed by atoms with Crippen LogP contribution in [0.4, 0.5) is 0 Å². The third-order valence-electron chi connectivity index (χ3n) is 4.82. The zero-order valence-electron chi connectivity index (χ0n) is 14.9. The molecule has 138 valence electrons.